The Morgan fingerprint density at radius 2 is 2.08 bits per heavy atom. The molecule has 142 valence electrons. The van der Waals surface area contributed by atoms with Crippen LogP contribution in [0.5, 0.6) is 0 Å². The molecule has 0 bridgehead atoms. The summed E-state index contributed by atoms with van der Waals surface area (Å²) in [6.45, 7) is 0.106. The van der Waals surface area contributed by atoms with Gasteiger partial charge in [0.1, 0.15) is 12.6 Å². The Kier molecular flexibility index (Phi) is 7.92. The third-order valence-electron chi connectivity index (χ3n) is 4.40. The molecule has 0 radical (unpaired) electrons. The number of rotatable bonds is 8. The zero-order chi connectivity index (χ0) is 18.8. The van der Waals surface area contributed by atoms with Crippen molar-refractivity contribution < 1.29 is 19.4 Å². The van der Waals surface area contributed by atoms with Gasteiger partial charge in [0.25, 0.3) is 0 Å². The Labute approximate surface area is 153 Å². The topological polar surface area (TPSA) is 114 Å². The number of nitrogens with zero attached hydrogens (tertiary/aromatic N) is 1. The van der Waals surface area contributed by atoms with E-state index in [4.69, 9.17) is 10.5 Å². The van der Waals surface area contributed by atoms with Crippen LogP contribution in [0.2, 0.25) is 0 Å². The molecule has 0 saturated carbocycles. The summed E-state index contributed by atoms with van der Waals surface area (Å²) >= 11 is 0. The lowest BCUT2D eigenvalue weighted by Gasteiger charge is -2.16. The molecular formula is C19H27N3O4. The molecule has 0 fully saturated rings. The summed E-state index contributed by atoms with van der Waals surface area (Å²) in [7, 11) is 0. The number of carbonyl (C=O) groups is 2. The van der Waals surface area contributed by atoms with E-state index in [-0.39, 0.29) is 12.6 Å². The van der Waals surface area contributed by atoms with Crippen molar-refractivity contribution in [2.24, 2.45) is 10.7 Å². The number of carbonyl (C=O) groups excluding carboxylic acids is 1. The second-order valence-corrected chi connectivity index (χ2v) is 6.55. The lowest BCUT2D eigenvalue weighted by molar-refractivity contribution is -0.139. The lowest BCUT2D eigenvalue weighted by atomic mass is 10.0. The van der Waals surface area contributed by atoms with Gasteiger partial charge in [-0.3, -0.25) is 4.99 Å². The number of hydrogen-bond acceptors (Lipinski definition) is 5. The summed E-state index contributed by atoms with van der Waals surface area (Å²) in [6, 6.07) is 8.42. The fraction of sp³-hybridized carbons (Fsp3) is 0.526. The van der Waals surface area contributed by atoms with E-state index in [1.54, 1.807) is 0 Å². The van der Waals surface area contributed by atoms with E-state index < -0.39 is 18.1 Å². The minimum absolute atomic E-state index is 0.106. The predicted molar refractivity (Wildman–Crippen MR) is 98.9 cm³/mol. The van der Waals surface area contributed by atoms with Crippen LogP contribution in [0.4, 0.5) is 4.79 Å². The Morgan fingerprint density at radius 1 is 1.31 bits per heavy atom. The number of carboxylic acid groups (broad SMARTS) is 1. The first-order chi connectivity index (χ1) is 12.5. The summed E-state index contributed by atoms with van der Waals surface area (Å²) in [5, 5.41) is 11.7. The number of amides is 1. The Morgan fingerprint density at radius 3 is 2.81 bits per heavy atom. The van der Waals surface area contributed by atoms with Gasteiger partial charge in [0.2, 0.25) is 0 Å². The molecule has 26 heavy (non-hydrogen) atoms. The van der Waals surface area contributed by atoms with E-state index in [0.717, 1.165) is 37.7 Å². The Hall–Kier alpha value is -2.57. The first-order valence-electron chi connectivity index (χ1n) is 9.07. The van der Waals surface area contributed by atoms with Crippen molar-refractivity contribution in [3.8, 4) is 0 Å². The summed E-state index contributed by atoms with van der Waals surface area (Å²) in [6.07, 6.45) is 4.98. The van der Waals surface area contributed by atoms with E-state index in [0.29, 0.717) is 18.7 Å². The van der Waals surface area contributed by atoms with Crippen molar-refractivity contribution in [1.29, 1.82) is 0 Å². The summed E-state index contributed by atoms with van der Waals surface area (Å²) in [5.41, 5.74) is 6.68. The number of alkyl carbamates (subject to hydrolysis) is 1. The molecule has 0 spiro atoms. The maximum atomic E-state index is 11.8. The summed E-state index contributed by atoms with van der Waals surface area (Å²) in [4.78, 5) is 27.7. The zero-order valence-electron chi connectivity index (χ0n) is 14.9. The van der Waals surface area contributed by atoms with Crippen molar-refractivity contribution in [3.63, 3.8) is 0 Å². The van der Waals surface area contributed by atoms with E-state index >= 15 is 0 Å². The molecule has 1 amide bonds. The second-order valence-electron chi connectivity index (χ2n) is 6.55. The number of amidine groups is 1. The third-order valence-corrected chi connectivity index (χ3v) is 4.40. The van der Waals surface area contributed by atoms with Gasteiger partial charge in [-0.25, -0.2) is 9.59 Å². The van der Waals surface area contributed by atoms with Crippen LogP contribution >= 0.6 is 0 Å². The minimum atomic E-state index is -1.06. The normalized spacial score (nSPS) is 18.3. The molecule has 1 aliphatic rings. The van der Waals surface area contributed by atoms with Gasteiger partial charge < -0.3 is 20.9 Å². The molecule has 7 nitrogen and oxygen atoms in total. The number of nitrogens with one attached hydrogen (secondary N) is 1. The SMILES string of the molecule is NC1=NC(CCCC(NC(=O)OCc2ccccc2)C(=O)O)CCCC1. The third kappa shape index (κ3) is 7.13. The van der Waals surface area contributed by atoms with Crippen molar-refractivity contribution in [1.82, 2.24) is 5.32 Å². The van der Waals surface area contributed by atoms with Gasteiger partial charge in [-0.1, -0.05) is 36.8 Å². The van der Waals surface area contributed by atoms with Crippen molar-refractivity contribution >= 4 is 17.9 Å². The predicted octanol–water partition coefficient (Wildman–Crippen LogP) is 2.84. The quantitative estimate of drug-likeness (QED) is 0.659. The molecule has 1 aromatic rings. The van der Waals surface area contributed by atoms with Gasteiger partial charge in [-0.05, 0) is 37.7 Å². The average molecular weight is 361 g/mol. The number of ether oxygens (including phenoxy) is 1. The van der Waals surface area contributed by atoms with Gasteiger partial charge >= 0.3 is 12.1 Å². The molecule has 0 saturated heterocycles. The Bertz CT molecular complexity index is 618. The van der Waals surface area contributed by atoms with Crippen LogP contribution in [-0.4, -0.2) is 35.1 Å². The van der Waals surface area contributed by atoms with E-state index in [2.05, 4.69) is 10.3 Å². The first-order valence-corrected chi connectivity index (χ1v) is 9.07. The highest BCUT2D eigenvalue weighted by Crippen LogP contribution is 2.18. The van der Waals surface area contributed by atoms with Crippen LogP contribution < -0.4 is 11.1 Å². The van der Waals surface area contributed by atoms with Crippen LogP contribution in [-0.2, 0) is 16.1 Å². The number of benzene rings is 1. The van der Waals surface area contributed by atoms with Gasteiger partial charge in [-0.2, -0.15) is 0 Å². The van der Waals surface area contributed by atoms with E-state index in [1.807, 2.05) is 30.3 Å². The molecule has 1 heterocycles. The maximum Gasteiger partial charge on any atom is 0.408 e. The largest absolute Gasteiger partial charge is 0.480 e. The van der Waals surface area contributed by atoms with Crippen LogP contribution in [0.25, 0.3) is 0 Å². The van der Waals surface area contributed by atoms with Crippen LogP contribution in [0.3, 0.4) is 0 Å². The van der Waals surface area contributed by atoms with Crippen LogP contribution in [0.1, 0.15) is 50.5 Å². The average Bonchev–Trinajstić information content (AvgIpc) is 2.84. The molecule has 4 N–H and O–H groups in total. The maximum absolute atomic E-state index is 11.8. The van der Waals surface area contributed by atoms with Crippen molar-refractivity contribution in [2.75, 3.05) is 0 Å². The summed E-state index contributed by atoms with van der Waals surface area (Å²) < 4.78 is 5.08. The van der Waals surface area contributed by atoms with E-state index in [9.17, 15) is 14.7 Å². The number of hydrogen-bond donors (Lipinski definition) is 3. The molecule has 0 aromatic heterocycles. The molecule has 2 unspecified atom stereocenters. The van der Waals surface area contributed by atoms with Crippen molar-refractivity contribution in [3.05, 3.63) is 35.9 Å². The minimum Gasteiger partial charge on any atom is -0.480 e. The highest BCUT2D eigenvalue weighted by molar-refractivity contribution is 5.80. The smallest absolute Gasteiger partial charge is 0.408 e. The fourth-order valence-electron chi connectivity index (χ4n) is 2.98. The van der Waals surface area contributed by atoms with Gasteiger partial charge in [0, 0.05) is 6.42 Å². The van der Waals surface area contributed by atoms with Gasteiger partial charge in [0.15, 0.2) is 0 Å². The molecule has 1 aromatic carbocycles. The zero-order valence-corrected chi connectivity index (χ0v) is 14.9. The molecule has 7 heteroatoms. The van der Waals surface area contributed by atoms with Gasteiger partial charge in [-0.15, -0.1) is 0 Å². The number of aliphatic carboxylic acids is 1. The number of aliphatic imine (C=N–C) groups is 1. The molecule has 2 rings (SSSR count). The molecule has 1 aliphatic heterocycles. The van der Waals surface area contributed by atoms with Crippen LogP contribution in [0, 0.1) is 0 Å². The monoisotopic (exact) mass is 361 g/mol. The Balaban J connectivity index is 1.74. The number of carboxylic acids is 1. The first kappa shape index (κ1) is 19.8. The number of nitrogens with two attached hydrogens (primary N) is 1. The highest BCUT2D eigenvalue weighted by Gasteiger charge is 2.21. The molecule has 0 aliphatic carbocycles. The van der Waals surface area contributed by atoms with Crippen LogP contribution in [0.15, 0.2) is 35.3 Å². The molecular weight excluding hydrogens is 334 g/mol. The fourth-order valence-corrected chi connectivity index (χ4v) is 2.98. The van der Waals surface area contributed by atoms with Crippen molar-refractivity contribution in [2.45, 2.75) is 63.6 Å². The lowest BCUT2D eigenvalue weighted by Crippen LogP contribution is -2.41. The highest BCUT2D eigenvalue weighted by atomic mass is 16.5. The standard InChI is InChI=1S/C19H27N3O4/c20-17-12-5-4-9-15(21-17)10-6-11-16(18(23)24)22-19(25)26-13-14-7-2-1-3-8-14/h1-3,7-8,15-16H,4-6,9-13H2,(H2,20,21)(H,22,25)(H,23,24). The summed E-state index contributed by atoms with van der Waals surface area (Å²) in [5.74, 6) is -0.379. The second kappa shape index (κ2) is 10.4. The molecule has 2 atom stereocenters. The van der Waals surface area contributed by atoms with Gasteiger partial charge in [0.05, 0.1) is 11.9 Å². The van der Waals surface area contributed by atoms with E-state index in [1.165, 1.54) is 0 Å².